The van der Waals surface area contributed by atoms with Crippen LogP contribution in [0.1, 0.15) is 23.2 Å². The second kappa shape index (κ2) is 5.24. The summed E-state index contributed by atoms with van der Waals surface area (Å²) in [4.78, 5) is 24.0. The van der Waals surface area contributed by atoms with E-state index in [1.54, 1.807) is 7.05 Å². The molecule has 1 N–H and O–H groups in total. The van der Waals surface area contributed by atoms with Crippen LogP contribution >= 0.6 is 0 Å². The Kier molecular flexibility index (Phi) is 3.80. The number of nitrogens with zero attached hydrogens (tertiary/aromatic N) is 1. The summed E-state index contributed by atoms with van der Waals surface area (Å²) in [5.41, 5.74) is -0.117. The van der Waals surface area contributed by atoms with Crippen LogP contribution in [0.3, 0.4) is 0 Å². The van der Waals surface area contributed by atoms with Gasteiger partial charge in [-0.1, -0.05) is 6.07 Å². The fraction of sp³-hybridized carbons (Fsp3) is 0.385. The molecular weight excluding hydrogens is 282 g/mol. The molecule has 1 saturated carbocycles. The van der Waals surface area contributed by atoms with Crippen molar-refractivity contribution in [1.29, 1.82) is 0 Å². The molecule has 0 atom stereocenters. The van der Waals surface area contributed by atoms with Crippen LogP contribution in [0.2, 0.25) is 0 Å². The van der Waals surface area contributed by atoms with E-state index in [-0.39, 0.29) is 16.5 Å². The molecule has 6 nitrogen and oxygen atoms in total. The van der Waals surface area contributed by atoms with Crippen molar-refractivity contribution in [3.63, 3.8) is 0 Å². The summed E-state index contributed by atoms with van der Waals surface area (Å²) in [5, 5.41) is 8.86. The number of hydrogen-bond donors (Lipinski definition) is 1. The van der Waals surface area contributed by atoms with Crippen LogP contribution < -0.4 is 0 Å². The van der Waals surface area contributed by atoms with Crippen molar-refractivity contribution < 1.29 is 23.1 Å². The first-order chi connectivity index (χ1) is 9.31. The monoisotopic (exact) mass is 297 g/mol. The van der Waals surface area contributed by atoms with Gasteiger partial charge in [0.05, 0.1) is 10.5 Å². The molecule has 108 valence electrons. The Morgan fingerprint density at radius 2 is 2.00 bits per heavy atom. The largest absolute Gasteiger partial charge is 0.478 e. The average molecular weight is 297 g/mol. The van der Waals surface area contributed by atoms with Gasteiger partial charge in [-0.2, -0.15) is 0 Å². The van der Waals surface area contributed by atoms with Crippen LogP contribution in [0.5, 0.6) is 0 Å². The SMILES string of the molecule is CN(C(=O)CS(=O)(=O)c1cccc(C(=O)O)c1)C1CC1. The minimum atomic E-state index is -3.82. The van der Waals surface area contributed by atoms with E-state index in [9.17, 15) is 18.0 Å². The van der Waals surface area contributed by atoms with Crippen molar-refractivity contribution in [2.45, 2.75) is 23.8 Å². The molecule has 1 amide bonds. The molecule has 0 aromatic heterocycles. The van der Waals surface area contributed by atoms with Gasteiger partial charge < -0.3 is 10.0 Å². The summed E-state index contributed by atoms with van der Waals surface area (Å²) in [6.07, 6.45) is 1.80. The summed E-state index contributed by atoms with van der Waals surface area (Å²) in [6.45, 7) is 0. The van der Waals surface area contributed by atoms with Crippen molar-refractivity contribution >= 4 is 21.7 Å². The highest BCUT2D eigenvalue weighted by atomic mass is 32.2. The number of rotatable bonds is 5. The number of benzene rings is 1. The third-order valence-electron chi connectivity index (χ3n) is 3.24. The van der Waals surface area contributed by atoms with Crippen molar-refractivity contribution in [2.75, 3.05) is 12.8 Å². The second-order valence-electron chi connectivity index (χ2n) is 4.83. The Balaban J connectivity index is 2.19. The number of carboxylic acid groups (broad SMARTS) is 1. The molecule has 7 heteroatoms. The zero-order chi connectivity index (χ0) is 14.9. The van der Waals surface area contributed by atoms with Crippen LogP contribution in [-0.4, -0.2) is 49.1 Å². The van der Waals surface area contributed by atoms with Crippen molar-refractivity contribution in [3.05, 3.63) is 29.8 Å². The molecule has 0 bridgehead atoms. The third kappa shape index (κ3) is 3.16. The van der Waals surface area contributed by atoms with E-state index in [4.69, 9.17) is 5.11 Å². The molecule has 1 aliphatic rings. The van der Waals surface area contributed by atoms with Gasteiger partial charge in [0.2, 0.25) is 5.91 Å². The molecule has 0 saturated heterocycles. The van der Waals surface area contributed by atoms with Gasteiger partial charge >= 0.3 is 5.97 Å². The van der Waals surface area contributed by atoms with E-state index in [2.05, 4.69) is 0 Å². The maximum Gasteiger partial charge on any atom is 0.335 e. The molecular formula is C13H15NO5S. The lowest BCUT2D eigenvalue weighted by Gasteiger charge is -2.16. The summed E-state index contributed by atoms with van der Waals surface area (Å²) in [6, 6.07) is 5.17. The topological polar surface area (TPSA) is 91.8 Å². The first kappa shape index (κ1) is 14.5. The van der Waals surface area contributed by atoms with Crippen LogP contribution in [-0.2, 0) is 14.6 Å². The number of amides is 1. The zero-order valence-electron chi connectivity index (χ0n) is 10.9. The number of sulfone groups is 1. The number of hydrogen-bond acceptors (Lipinski definition) is 4. The summed E-state index contributed by atoms with van der Waals surface area (Å²) < 4.78 is 24.2. The summed E-state index contributed by atoms with van der Waals surface area (Å²) >= 11 is 0. The van der Waals surface area contributed by atoms with E-state index in [1.807, 2.05) is 0 Å². The zero-order valence-corrected chi connectivity index (χ0v) is 11.8. The predicted octanol–water partition coefficient (Wildman–Crippen LogP) is 0.779. The maximum atomic E-state index is 12.1. The van der Waals surface area contributed by atoms with Gasteiger partial charge in [-0.15, -0.1) is 0 Å². The molecule has 0 aliphatic heterocycles. The molecule has 0 spiro atoms. The van der Waals surface area contributed by atoms with Crippen LogP contribution in [0.4, 0.5) is 0 Å². The lowest BCUT2D eigenvalue weighted by atomic mass is 10.2. The lowest BCUT2D eigenvalue weighted by Crippen LogP contribution is -2.34. The Morgan fingerprint density at radius 1 is 1.35 bits per heavy atom. The molecule has 0 heterocycles. The standard InChI is InChI=1S/C13H15NO5S/c1-14(10-5-6-10)12(15)8-20(18,19)11-4-2-3-9(7-11)13(16)17/h2-4,7,10H,5-6,8H2,1H3,(H,16,17). The van der Waals surface area contributed by atoms with Crippen molar-refractivity contribution in [2.24, 2.45) is 0 Å². The first-order valence-electron chi connectivity index (χ1n) is 6.13. The van der Waals surface area contributed by atoms with E-state index in [0.717, 1.165) is 18.9 Å². The molecule has 0 unspecified atom stereocenters. The van der Waals surface area contributed by atoms with Crippen LogP contribution in [0, 0.1) is 0 Å². The Hall–Kier alpha value is -1.89. The number of carboxylic acids is 1. The fourth-order valence-electron chi connectivity index (χ4n) is 1.84. The van der Waals surface area contributed by atoms with E-state index >= 15 is 0 Å². The van der Waals surface area contributed by atoms with Gasteiger partial charge in [-0.05, 0) is 31.0 Å². The Morgan fingerprint density at radius 3 is 2.55 bits per heavy atom. The van der Waals surface area contributed by atoms with Gasteiger partial charge in [-0.25, -0.2) is 13.2 Å². The number of carbonyl (C=O) groups excluding carboxylic acids is 1. The minimum absolute atomic E-state index is 0.117. The van der Waals surface area contributed by atoms with Gasteiger partial charge in [0.1, 0.15) is 5.75 Å². The van der Waals surface area contributed by atoms with E-state index in [1.165, 1.54) is 23.1 Å². The highest BCUT2D eigenvalue weighted by molar-refractivity contribution is 7.92. The van der Waals surface area contributed by atoms with Gasteiger partial charge in [0.25, 0.3) is 0 Å². The van der Waals surface area contributed by atoms with E-state index < -0.39 is 27.5 Å². The molecule has 0 radical (unpaired) electrons. The smallest absolute Gasteiger partial charge is 0.335 e. The second-order valence-corrected chi connectivity index (χ2v) is 6.82. The van der Waals surface area contributed by atoms with Crippen LogP contribution in [0.15, 0.2) is 29.2 Å². The fourth-order valence-corrected chi connectivity index (χ4v) is 3.12. The number of aromatic carboxylic acids is 1. The van der Waals surface area contributed by atoms with Gasteiger partial charge in [0, 0.05) is 13.1 Å². The minimum Gasteiger partial charge on any atom is -0.478 e. The highest BCUT2D eigenvalue weighted by Gasteiger charge is 2.32. The number of carbonyl (C=O) groups is 2. The average Bonchev–Trinajstić information content (AvgIpc) is 3.21. The molecule has 20 heavy (non-hydrogen) atoms. The van der Waals surface area contributed by atoms with Gasteiger partial charge in [0.15, 0.2) is 9.84 Å². The Bertz CT molecular complexity index is 648. The normalized spacial score (nSPS) is 14.8. The Labute approximate surface area is 116 Å². The quantitative estimate of drug-likeness (QED) is 0.867. The van der Waals surface area contributed by atoms with Gasteiger partial charge in [-0.3, -0.25) is 4.79 Å². The predicted molar refractivity (Wildman–Crippen MR) is 71.2 cm³/mol. The third-order valence-corrected chi connectivity index (χ3v) is 4.84. The lowest BCUT2D eigenvalue weighted by molar-refractivity contribution is -0.127. The molecule has 2 rings (SSSR count). The highest BCUT2D eigenvalue weighted by Crippen LogP contribution is 2.26. The van der Waals surface area contributed by atoms with Crippen LogP contribution in [0.25, 0.3) is 0 Å². The van der Waals surface area contributed by atoms with E-state index in [0.29, 0.717) is 0 Å². The molecule has 1 aromatic rings. The maximum absolute atomic E-state index is 12.1. The first-order valence-corrected chi connectivity index (χ1v) is 7.78. The molecule has 1 fully saturated rings. The summed E-state index contributed by atoms with van der Waals surface area (Å²) in [7, 11) is -2.23. The molecule has 1 aromatic carbocycles. The van der Waals surface area contributed by atoms with Crippen molar-refractivity contribution in [1.82, 2.24) is 4.90 Å². The van der Waals surface area contributed by atoms with Crippen molar-refractivity contribution in [3.8, 4) is 0 Å². The molecule has 1 aliphatic carbocycles. The summed E-state index contributed by atoms with van der Waals surface area (Å²) in [5.74, 6) is -2.31.